The Kier molecular flexibility index (Phi) is 5.77. The normalized spacial score (nSPS) is 16.0. The number of aromatic nitrogens is 4. The Morgan fingerprint density at radius 2 is 2.04 bits per heavy atom. The monoisotopic (exact) mass is 357 g/mol. The van der Waals surface area contributed by atoms with Gasteiger partial charge in [-0.1, -0.05) is 0 Å². The first-order chi connectivity index (χ1) is 12.6. The molecular formula is C17H23N7O2. The van der Waals surface area contributed by atoms with Crippen LogP contribution in [0.1, 0.15) is 19.0 Å². The first-order valence-electron chi connectivity index (χ1n) is 8.68. The lowest BCUT2D eigenvalue weighted by Crippen LogP contribution is -2.50. The van der Waals surface area contributed by atoms with Gasteiger partial charge in [0.2, 0.25) is 17.8 Å². The molecule has 3 rings (SSSR count). The maximum absolute atomic E-state index is 13.0. The molecule has 2 aromatic rings. The summed E-state index contributed by atoms with van der Waals surface area (Å²) < 4.78 is 0. The van der Waals surface area contributed by atoms with Crippen LogP contribution in [0.25, 0.3) is 0 Å². The molecule has 0 aromatic carbocycles. The molecule has 0 saturated carbocycles. The van der Waals surface area contributed by atoms with E-state index in [4.69, 9.17) is 0 Å². The quantitative estimate of drug-likeness (QED) is 0.779. The Balaban J connectivity index is 1.65. The first kappa shape index (κ1) is 17.8. The van der Waals surface area contributed by atoms with Crippen LogP contribution in [0.3, 0.4) is 0 Å². The minimum Gasteiger partial charge on any atom is -0.348 e. The van der Waals surface area contributed by atoms with Crippen LogP contribution >= 0.6 is 0 Å². The molecular weight excluding hydrogens is 334 g/mol. The van der Waals surface area contributed by atoms with E-state index in [1.165, 1.54) is 6.92 Å². The fourth-order valence-electron chi connectivity index (χ4n) is 3.07. The van der Waals surface area contributed by atoms with Gasteiger partial charge in [-0.2, -0.15) is 0 Å². The third-order valence-corrected chi connectivity index (χ3v) is 4.30. The molecule has 1 saturated heterocycles. The molecule has 138 valence electrons. The van der Waals surface area contributed by atoms with E-state index in [2.05, 4.69) is 30.2 Å². The van der Waals surface area contributed by atoms with Gasteiger partial charge in [0.05, 0.1) is 6.33 Å². The van der Waals surface area contributed by atoms with E-state index in [0.29, 0.717) is 32.0 Å². The van der Waals surface area contributed by atoms with Gasteiger partial charge in [-0.25, -0.2) is 15.0 Å². The molecule has 0 unspecified atom stereocenters. The summed E-state index contributed by atoms with van der Waals surface area (Å²) in [4.78, 5) is 43.9. The summed E-state index contributed by atoms with van der Waals surface area (Å²) in [7, 11) is 0. The van der Waals surface area contributed by atoms with Crippen molar-refractivity contribution in [1.29, 1.82) is 0 Å². The van der Waals surface area contributed by atoms with Gasteiger partial charge in [0.25, 0.3) is 0 Å². The highest BCUT2D eigenvalue weighted by molar-refractivity contribution is 5.87. The molecule has 1 fully saturated rings. The molecule has 0 aliphatic carbocycles. The second-order valence-electron chi connectivity index (χ2n) is 6.25. The average Bonchev–Trinajstić information content (AvgIpc) is 3.02. The van der Waals surface area contributed by atoms with Crippen molar-refractivity contribution >= 4 is 17.8 Å². The molecule has 2 N–H and O–H groups in total. The molecule has 2 aromatic heterocycles. The highest BCUT2D eigenvalue weighted by Crippen LogP contribution is 2.12. The Labute approximate surface area is 151 Å². The summed E-state index contributed by atoms with van der Waals surface area (Å²) in [5, 5.41) is 2.76. The van der Waals surface area contributed by atoms with Crippen LogP contribution in [-0.4, -0.2) is 68.9 Å². The number of nitrogens with one attached hydrogen (secondary N) is 2. The second-order valence-corrected chi connectivity index (χ2v) is 6.25. The van der Waals surface area contributed by atoms with E-state index in [1.807, 2.05) is 0 Å². The van der Waals surface area contributed by atoms with Crippen LogP contribution in [0.2, 0.25) is 0 Å². The van der Waals surface area contributed by atoms with Crippen LogP contribution in [0.5, 0.6) is 0 Å². The number of anilines is 1. The number of carbonyl (C=O) groups is 2. The van der Waals surface area contributed by atoms with Crippen molar-refractivity contribution in [2.24, 2.45) is 0 Å². The smallest absolute Gasteiger partial charge is 0.245 e. The summed E-state index contributed by atoms with van der Waals surface area (Å²) in [6.45, 7) is 4.08. The molecule has 0 bridgehead atoms. The van der Waals surface area contributed by atoms with Gasteiger partial charge >= 0.3 is 0 Å². The molecule has 0 spiro atoms. The molecule has 0 radical (unpaired) electrons. The van der Waals surface area contributed by atoms with E-state index in [9.17, 15) is 9.59 Å². The zero-order valence-corrected chi connectivity index (χ0v) is 14.8. The van der Waals surface area contributed by atoms with Crippen LogP contribution in [-0.2, 0) is 16.0 Å². The van der Waals surface area contributed by atoms with Crippen molar-refractivity contribution in [3.63, 3.8) is 0 Å². The molecule has 26 heavy (non-hydrogen) atoms. The molecule has 1 atom stereocenters. The number of carbonyl (C=O) groups excluding carboxylic acids is 2. The number of nitrogens with zero attached hydrogens (tertiary/aromatic N) is 5. The van der Waals surface area contributed by atoms with Gasteiger partial charge in [0.1, 0.15) is 6.04 Å². The molecule has 9 nitrogen and oxygen atoms in total. The zero-order chi connectivity index (χ0) is 18.4. The molecule has 9 heteroatoms. The highest BCUT2D eigenvalue weighted by Gasteiger charge is 2.28. The summed E-state index contributed by atoms with van der Waals surface area (Å²) in [5.41, 5.74) is 0.811. The van der Waals surface area contributed by atoms with Crippen molar-refractivity contribution in [2.45, 2.75) is 25.8 Å². The Hall–Kier alpha value is -2.97. The largest absolute Gasteiger partial charge is 0.348 e. The number of rotatable bonds is 5. The lowest BCUT2D eigenvalue weighted by Gasteiger charge is -2.26. The average molecular weight is 357 g/mol. The van der Waals surface area contributed by atoms with Gasteiger partial charge in [-0.15, -0.1) is 0 Å². The van der Waals surface area contributed by atoms with Gasteiger partial charge in [0, 0.05) is 63.8 Å². The summed E-state index contributed by atoms with van der Waals surface area (Å²) in [6, 6.07) is 1.18. The Morgan fingerprint density at radius 1 is 1.23 bits per heavy atom. The number of H-pyrrole nitrogens is 1. The predicted octanol–water partition coefficient (Wildman–Crippen LogP) is -0.0142. The van der Waals surface area contributed by atoms with E-state index < -0.39 is 6.04 Å². The van der Waals surface area contributed by atoms with E-state index in [1.54, 1.807) is 35.9 Å². The van der Waals surface area contributed by atoms with Crippen molar-refractivity contribution in [3.05, 3.63) is 36.7 Å². The van der Waals surface area contributed by atoms with Crippen molar-refractivity contribution < 1.29 is 9.59 Å². The number of imidazole rings is 1. The Morgan fingerprint density at radius 3 is 2.73 bits per heavy atom. The molecule has 1 aliphatic heterocycles. The van der Waals surface area contributed by atoms with E-state index in [-0.39, 0.29) is 11.8 Å². The first-order valence-corrected chi connectivity index (χ1v) is 8.68. The van der Waals surface area contributed by atoms with Gasteiger partial charge in [0.15, 0.2) is 0 Å². The predicted molar refractivity (Wildman–Crippen MR) is 95.3 cm³/mol. The van der Waals surface area contributed by atoms with E-state index >= 15 is 0 Å². The lowest BCUT2D eigenvalue weighted by molar-refractivity contribution is -0.135. The minimum absolute atomic E-state index is 0.0781. The van der Waals surface area contributed by atoms with Crippen molar-refractivity contribution in [3.8, 4) is 0 Å². The minimum atomic E-state index is -0.604. The number of amides is 2. The number of hydrogen-bond acceptors (Lipinski definition) is 6. The number of aromatic amines is 1. The van der Waals surface area contributed by atoms with Gasteiger partial charge in [-0.05, 0) is 12.5 Å². The zero-order valence-electron chi connectivity index (χ0n) is 14.8. The maximum Gasteiger partial charge on any atom is 0.245 e. The number of hydrogen-bond donors (Lipinski definition) is 2. The third-order valence-electron chi connectivity index (χ3n) is 4.30. The second kappa shape index (κ2) is 8.41. The topological polar surface area (TPSA) is 107 Å². The molecule has 3 heterocycles. The standard InChI is InChI=1S/C17H23N7O2/c1-13(25)22-15(10-14-11-18-12-21-14)16(26)23-6-3-7-24(9-8-23)17-19-4-2-5-20-17/h2,4-5,11-12,15H,3,6-10H2,1H3,(H,18,21)(H,22,25)/t15-/m0/s1. The van der Waals surface area contributed by atoms with Crippen molar-refractivity contribution in [1.82, 2.24) is 30.2 Å². The van der Waals surface area contributed by atoms with Crippen molar-refractivity contribution in [2.75, 3.05) is 31.1 Å². The Bertz CT molecular complexity index is 720. The molecule has 2 amide bonds. The lowest BCUT2D eigenvalue weighted by atomic mass is 10.1. The third kappa shape index (κ3) is 4.56. The van der Waals surface area contributed by atoms with Crippen LogP contribution in [0, 0.1) is 0 Å². The van der Waals surface area contributed by atoms with Gasteiger partial charge < -0.3 is 20.1 Å². The van der Waals surface area contributed by atoms with Gasteiger partial charge in [-0.3, -0.25) is 9.59 Å². The van der Waals surface area contributed by atoms with Crippen LogP contribution in [0.15, 0.2) is 31.0 Å². The fourth-order valence-corrected chi connectivity index (χ4v) is 3.07. The van der Waals surface area contributed by atoms with Crippen LogP contribution < -0.4 is 10.2 Å². The van der Waals surface area contributed by atoms with E-state index in [0.717, 1.165) is 18.7 Å². The summed E-state index contributed by atoms with van der Waals surface area (Å²) in [6.07, 6.45) is 7.87. The molecule has 1 aliphatic rings. The summed E-state index contributed by atoms with van der Waals surface area (Å²) in [5.74, 6) is 0.375. The summed E-state index contributed by atoms with van der Waals surface area (Å²) >= 11 is 0. The van der Waals surface area contributed by atoms with Crippen LogP contribution in [0.4, 0.5) is 5.95 Å². The fraction of sp³-hybridized carbons (Fsp3) is 0.471. The highest BCUT2D eigenvalue weighted by atomic mass is 16.2. The SMILES string of the molecule is CC(=O)N[C@@H](Cc1cnc[nH]1)C(=O)N1CCCN(c2ncccn2)CC1. The maximum atomic E-state index is 13.0.